The number of nitrogens with one attached hydrogen (secondary N) is 1. The lowest BCUT2D eigenvalue weighted by molar-refractivity contribution is 0.271. The number of piperazine rings is 1. The van der Waals surface area contributed by atoms with Gasteiger partial charge in [0, 0.05) is 39.6 Å². The topological polar surface area (TPSA) is 111 Å². The van der Waals surface area contributed by atoms with Gasteiger partial charge in [-0.3, -0.25) is 0 Å². The molecule has 110 valence electrons. The van der Waals surface area contributed by atoms with Crippen molar-refractivity contribution in [2.75, 3.05) is 39.0 Å². The van der Waals surface area contributed by atoms with Gasteiger partial charge < -0.3 is 0 Å². The molecular formula is C9H18N4O4S2. The molecule has 10 heteroatoms. The Morgan fingerprint density at radius 2 is 1.63 bits per heavy atom. The van der Waals surface area contributed by atoms with E-state index in [1.54, 1.807) is 0 Å². The van der Waals surface area contributed by atoms with Crippen LogP contribution in [0.4, 0.5) is 0 Å². The summed E-state index contributed by atoms with van der Waals surface area (Å²) in [5.74, 6) is -0.0701. The van der Waals surface area contributed by atoms with Crippen molar-refractivity contribution < 1.29 is 16.8 Å². The Morgan fingerprint density at radius 1 is 1.11 bits per heavy atom. The predicted molar refractivity (Wildman–Crippen MR) is 69.8 cm³/mol. The van der Waals surface area contributed by atoms with Gasteiger partial charge in [-0.05, 0) is 6.42 Å². The Balaban J connectivity index is 2.57. The molecule has 1 N–H and O–H groups in total. The van der Waals surface area contributed by atoms with Crippen molar-refractivity contribution in [3.05, 3.63) is 0 Å². The Kier molecular flexibility index (Phi) is 5.69. The van der Waals surface area contributed by atoms with Crippen LogP contribution in [0.1, 0.15) is 12.8 Å². The van der Waals surface area contributed by atoms with E-state index in [0.717, 1.165) is 0 Å². The predicted octanol–water partition coefficient (Wildman–Crippen LogP) is -1.30. The van der Waals surface area contributed by atoms with Crippen molar-refractivity contribution in [3.8, 4) is 6.07 Å². The molecule has 1 saturated heterocycles. The minimum atomic E-state index is -3.49. The average Bonchev–Trinajstić information content (AvgIpc) is 2.39. The third-order valence-corrected chi connectivity index (χ3v) is 6.40. The SMILES string of the molecule is CNS(=O)(=O)N1CCN(S(=O)(=O)CCCC#N)CC1. The maximum absolute atomic E-state index is 11.9. The summed E-state index contributed by atoms with van der Waals surface area (Å²) in [6, 6.07) is 1.90. The lowest BCUT2D eigenvalue weighted by Gasteiger charge is -2.32. The van der Waals surface area contributed by atoms with Gasteiger partial charge in [-0.25, -0.2) is 13.1 Å². The first-order chi connectivity index (χ1) is 8.83. The molecule has 0 saturated carbocycles. The van der Waals surface area contributed by atoms with Gasteiger partial charge in [0.25, 0.3) is 10.2 Å². The molecule has 0 spiro atoms. The maximum atomic E-state index is 11.9. The van der Waals surface area contributed by atoms with Crippen LogP contribution < -0.4 is 4.72 Å². The number of unbranched alkanes of at least 4 members (excludes halogenated alkanes) is 1. The van der Waals surface area contributed by atoms with Crippen LogP contribution in [0.5, 0.6) is 0 Å². The van der Waals surface area contributed by atoms with E-state index < -0.39 is 20.2 Å². The largest absolute Gasteiger partial charge is 0.279 e. The van der Waals surface area contributed by atoms with Crippen LogP contribution in [0.3, 0.4) is 0 Å². The normalized spacial score (nSPS) is 19.2. The number of hydrogen-bond donors (Lipinski definition) is 1. The molecule has 0 bridgehead atoms. The zero-order chi connectivity index (χ0) is 14.5. The summed E-state index contributed by atoms with van der Waals surface area (Å²) in [6.07, 6.45) is 0.501. The van der Waals surface area contributed by atoms with Crippen LogP contribution >= 0.6 is 0 Å². The van der Waals surface area contributed by atoms with E-state index in [1.807, 2.05) is 6.07 Å². The van der Waals surface area contributed by atoms with Crippen molar-refractivity contribution in [2.24, 2.45) is 0 Å². The highest BCUT2D eigenvalue weighted by Crippen LogP contribution is 2.11. The minimum absolute atomic E-state index is 0.0701. The summed E-state index contributed by atoms with van der Waals surface area (Å²) < 4.78 is 51.6. The highest BCUT2D eigenvalue weighted by molar-refractivity contribution is 7.89. The van der Waals surface area contributed by atoms with Crippen molar-refractivity contribution in [1.82, 2.24) is 13.3 Å². The molecular weight excluding hydrogens is 292 g/mol. The van der Waals surface area contributed by atoms with E-state index in [4.69, 9.17) is 5.26 Å². The van der Waals surface area contributed by atoms with Gasteiger partial charge >= 0.3 is 0 Å². The third kappa shape index (κ3) is 4.39. The fourth-order valence-corrected chi connectivity index (χ4v) is 4.17. The number of hydrogen-bond acceptors (Lipinski definition) is 5. The van der Waals surface area contributed by atoms with Crippen LogP contribution in [-0.2, 0) is 20.2 Å². The third-order valence-electron chi connectivity index (χ3n) is 2.88. The Labute approximate surface area is 114 Å². The highest BCUT2D eigenvalue weighted by atomic mass is 32.2. The molecule has 8 nitrogen and oxygen atoms in total. The number of nitrogens with zero attached hydrogens (tertiary/aromatic N) is 3. The Morgan fingerprint density at radius 3 is 2.11 bits per heavy atom. The standard InChI is InChI=1S/C9H18N4O4S2/c1-11-19(16,17)13-7-5-12(6-8-13)18(14,15)9-3-2-4-10/h11H,2-3,5-9H2,1H3. The van der Waals surface area contributed by atoms with Gasteiger partial charge in [0.2, 0.25) is 10.0 Å². The smallest absolute Gasteiger partial charge is 0.212 e. The van der Waals surface area contributed by atoms with Gasteiger partial charge in [0.15, 0.2) is 0 Å². The molecule has 0 aliphatic carbocycles. The van der Waals surface area contributed by atoms with E-state index in [2.05, 4.69) is 4.72 Å². The van der Waals surface area contributed by atoms with E-state index in [0.29, 0.717) is 6.42 Å². The molecule has 0 amide bonds. The fourth-order valence-electron chi connectivity index (χ4n) is 1.78. The number of sulfonamides is 1. The first-order valence-corrected chi connectivity index (χ1v) is 8.92. The second-order valence-electron chi connectivity index (χ2n) is 4.08. The summed E-state index contributed by atoms with van der Waals surface area (Å²) in [6.45, 7) is 0.576. The lowest BCUT2D eigenvalue weighted by atomic mass is 10.4. The van der Waals surface area contributed by atoms with E-state index >= 15 is 0 Å². The average molecular weight is 310 g/mol. The summed E-state index contributed by atoms with van der Waals surface area (Å²) in [5.41, 5.74) is 0. The summed E-state index contributed by atoms with van der Waals surface area (Å²) in [4.78, 5) is 0. The molecule has 0 radical (unpaired) electrons. The molecule has 0 atom stereocenters. The molecule has 0 aromatic rings. The van der Waals surface area contributed by atoms with Crippen molar-refractivity contribution in [2.45, 2.75) is 12.8 Å². The first-order valence-electron chi connectivity index (χ1n) is 5.87. The van der Waals surface area contributed by atoms with Gasteiger partial charge in [-0.2, -0.15) is 22.3 Å². The van der Waals surface area contributed by atoms with Crippen LogP contribution in [-0.4, -0.2) is 64.4 Å². The zero-order valence-electron chi connectivity index (χ0n) is 10.7. The number of nitriles is 1. The molecule has 1 aliphatic rings. The Hall–Kier alpha value is -0.730. The second kappa shape index (κ2) is 6.62. The quantitative estimate of drug-likeness (QED) is 0.613. The summed E-state index contributed by atoms with van der Waals surface area (Å²) in [7, 11) is -5.56. The minimum Gasteiger partial charge on any atom is -0.212 e. The van der Waals surface area contributed by atoms with E-state index in [1.165, 1.54) is 15.7 Å². The van der Waals surface area contributed by atoms with E-state index in [-0.39, 0.29) is 38.4 Å². The van der Waals surface area contributed by atoms with E-state index in [9.17, 15) is 16.8 Å². The van der Waals surface area contributed by atoms with Crippen LogP contribution in [0.25, 0.3) is 0 Å². The molecule has 1 aliphatic heterocycles. The monoisotopic (exact) mass is 310 g/mol. The van der Waals surface area contributed by atoms with Crippen molar-refractivity contribution in [3.63, 3.8) is 0 Å². The van der Waals surface area contributed by atoms with Crippen LogP contribution in [0.15, 0.2) is 0 Å². The molecule has 0 unspecified atom stereocenters. The fraction of sp³-hybridized carbons (Fsp3) is 0.889. The molecule has 19 heavy (non-hydrogen) atoms. The van der Waals surface area contributed by atoms with Gasteiger partial charge in [-0.1, -0.05) is 0 Å². The summed E-state index contributed by atoms with van der Waals surface area (Å²) in [5, 5.41) is 8.39. The summed E-state index contributed by atoms with van der Waals surface area (Å²) >= 11 is 0. The molecule has 1 rings (SSSR count). The van der Waals surface area contributed by atoms with Gasteiger partial charge in [-0.15, -0.1) is 0 Å². The van der Waals surface area contributed by atoms with Crippen LogP contribution in [0.2, 0.25) is 0 Å². The zero-order valence-corrected chi connectivity index (χ0v) is 12.4. The Bertz CT molecular complexity index is 529. The molecule has 0 aromatic carbocycles. The van der Waals surface area contributed by atoms with Gasteiger partial charge in [0.1, 0.15) is 0 Å². The molecule has 1 heterocycles. The molecule has 0 aromatic heterocycles. The second-order valence-corrected chi connectivity index (χ2v) is 8.05. The maximum Gasteiger partial charge on any atom is 0.279 e. The van der Waals surface area contributed by atoms with Crippen molar-refractivity contribution in [1.29, 1.82) is 5.26 Å². The van der Waals surface area contributed by atoms with Gasteiger partial charge in [0.05, 0.1) is 11.8 Å². The van der Waals surface area contributed by atoms with Crippen molar-refractivity contribution >= 4 is 20.2 Å². The first kappa shape index (κ1) is 16.3. The lowest BCUT2D eigenvalue weighted by Crippen LogP contribution is -2.53. The van der Waals surface area contributed by atoms with Crippen LogP contribution in [0, 0.1) is 11.3 Å². The highest BCUT2D eigenvalue weighted by Gasteiger charge is 2.30. The number of rotatable bonds is 6. The molecule has 1 fully saturated rings.